The Morgan fingerprint density at radius 2 is 1.63 bits per heavy atom. The summed E-state index contributed by atoms with van der Waals surface area (Å²) in [6, 6.07) is 6.36. The molecule has 1 N–H and O–H groups in total. The van der Waals surface area contributed by atoms with Crippen molar-refractivity contribution in [3.8, 4) is 0 Å². The molecule has 2 heterocycles. The van der Waals surface area contributed by atoms with Gasteiger partial charge in [-0.15, -0.1) is 0 Å². The molecule has 2 fully saturated rings. The van der Waals surface area contributed by atoms with Gasteiger partial charge in [0.25, 0.3) is 0 Å². The highest BCUT2D eigenvalue weighted by Crippen LogP contribution is 2.25. The number of nitrogens with zero attached hydrogens (tertiary/aromatic N) is 2. The van der Waals surface area contributed by atoms with Crippen LogP contribution in [-0.4, -0.2) is 62.4 Å². The van der Waals surface area contributed by atoms with Crippen LogP contribution in [0.2, 0.25) is 0 Å². The van der Waals surface area contributed by atoms with E-state index >= 15 is 0 Å². The molecule has 0 radical (unpaired) electrons. The molecule has 0 unspecified atom stereocenters. The minimum Gasteiger partial charge on any atom is -0.450 e. The number of hydrogen-bond donors (Lipinski definition) is 1. The third-order valence-electron chi connectivity index (χ3n) is 5.89. The predicted molar refractivity (Wildman–Crippen MR) is 114 cm³/mol. The van der Waals surface area contributed by atoms with Crippen LogP contribution in [0.15, 0.2) is 29.2 Å². The van der Waals surface area contributed by atoms with Crippen LogP contribution in [0.1, 0.15) is 39.5 Å². The number of carbonyl (C=O) groups is 2. The maximum Gasteiger partial charge on any atom is 0.409 e. The van der Waals surface area contributed by atoms with Crippen molar-refractivity contribution < 1.29 is 22.7 Å². The van der Waals surface area contributed by atoms with Crippen LogP contribution in [-0.2, 0) is 19.6 Å². The van der Waals surface area contributed by atoms with Crippen LogP contribution in [0.5, 0.6) is 0 Å². The Hall–Kier alpha value is -2.13. The summed E-state index contributed by atoms with van der Waals surface area (Å²) in [4.78, 5) is 26.2. The van der Waals surface area contributed by atoms with Gasteiger partial charge in [0.2, 0.25) is 15.9 Å². The zero-order valence-corrected chi connectivity index (χ0v) is 18.5. The molecule has 2 aliphatic rings. The lowest BCUT2D eigenvalue weighted by atomic mass is 9.96. The molecule has 0 bridgehead atoms. The van der Waals surface area contributed by atoms with E-state index in [1.165, 1.54) is 4.31 Å². The minimum atomic E-state index is -3.50. The van der Waals surface area contributed by atoms with Gasteiger partial charge in [0.15, 0.2) is 0 Å². The lowest BCUT2D eigenvalue weighted by molar-refractivity contribution is -0.121. The standard InChI is InChI=1S/C21H31N3O5S/c1-3-29-21(26)23-12-10-17(11-13-23)20(25)22-18-4-6-19(7-5-18)30(27,28)24-14-8-16(2)9-15-24/h4-7,16-17H,3,8-15H2,1-2H3,(H,22,25). The van der Waals surface area contributed by atoms with Gasteiger partial charge in [-0.2, -0.15) is 4.31 Å². The van der Waals surface area contributed by atoms with Crippen molar-refractivity contribution in [3.63, 3.8) is 0 Å². The summed E-state index contributed by atoms with van der Waals surface area (Å²) in [7, 11) is -3.50. The molecule has 1 aromatic rings. The summed E-state index contributed by atoms with van der Waals surface area (Å²) >= 11 is 0. The Morgan fingerprint density at radius 3 is 2.20 bits per heavy atom. The molecule has 8 nitrogen and oxygen atoms in total. The highest BCUT2D eigenvalue weighted by atomic mass is 32.2. The van der Waals surface area contributed by atoms with Crippen LogP contribution in [0, 0.1) is 11.8 Å². The minimum absolute atomic E-state index is 0.112. The smallest absolute Gasteiger partial charge is 0.409 e. The second-order valence-corrected chi connectivity index (χ2v) is 10.00. The molecule has 30 heavy (non-hydrogen) atoms. The lowest BCUT2D eigenvalue weighted by Crippen LogP contribution is -2.41. The summed E-state index contributed by atoms with van der Waals surface area (Å²) < 4.78 is 32.1. The van der Waals surface area contributed by atoms with Gasteiger partial charge in [0, 0.05) is 37.8 Å². The van der Waals surface area contributed by atoms with E-state index in [1.807, 2.05) is 0 Å². The maximum absolute atomic E-state index is 12.8. The van der Waals surface area contributed by atoms with E-state index in [2.05, 4.69) is 12.2 Å². The van der Waals surface area contributed by atoms with Gasteiger partial charge in [-0.05, 0) is 62.8 Å². The molecular formula is C21H31N3O5S. The first-order valence-corrected chi connectivity index (χ1v) is 12.1. The van der Waals surface area contributed by atoms with Crippen molar-refractivity contribution in [2.75, 3.05) is 38.1 Å². The average molecular weight is 438 g/mol. The van der Waals surface area contributed by atoms with Gasteiger partial charge in [-0.1, -0.05) is 6.92 Å². The SMILES string of the molecule is CCOC(=O)N1CCC(C(=O)Nc2ccc(S(=O)(=O)N3CCC(C)CC3)cc2)CC1. The zero-order valence-electron chi connectivity index (χ0n) is 17.7. The largest absolute Gasteiger partial charge is 0.450 e. The number of hydrogen-bond acceptors (Lipinski definition) is 5. The van der Waals surface area contributed by atoms with Crippen molar-refractivity contribution in [2.45, 2.75) is 44.4 Å². The van der Waals surface area contributed by atoms with E-state index in [0.29, 0.717) is 57.2 Å². The average Bonchev–Trinajstić information content (AvgIpc) is 2.75. The topological polar surface area (TPSA) is 96.0 Å². The Bertz CT molecular complexity index is 840. The summed E-state index contributed by atoms with van der Waals surface area (Å²) in [5.74, 6) is 0.256. The predicted octanol–water partition coefficient (Wildman–Crippen LogP) is 2.91. The first-order chi connectivity index (χ1) is 14.3. The number of anilines is 1. The van der Waals surface area contributed by atoms with E-state index in [1.54, 1.807) is 36.1 Å². The fraction of sp³-hybridized carbons (Fsp3) is 0.619. The quantitative estimate of drug-likeness (QED) is 0.764. The molecule has 3 rings (SSSR count). The van der Waals surface area contributed by atoms with Gasteiger partial charge in [0.1, 0.15) is 0 Å². The van der Waals surface area contributed by atoms with Gasteiger partial charge in [0.05, 0.1) is 11.5 Å². The monoisotopic (exact) mass is 437 g/mol. The molecule has 2 aliphatic heterocycles. The number of benzene rings is 1. The summed E-state index contributed by atoms with van der Waals surface area (Å²) in [6.45, 7) is 6.32. The van der Waals surface area contributed by atoms with Crippen molar-refractivity contribution in [3.05, 3.63) is 24.3 Å². The first-order valence-electron chi connectivity index (χ1n) is 10.6. The van der Waals surface area contributed by atoms with Crippen molar-refractivity contribution in [1.29, 1.82) is 0 Å². The summed E-state index contributed by atoms with van der Waals surface area (Å²) in [6.07, 6.45) is 2.57. The molecule has 0 aliphatic carbocycles. The van der Waals surface area contributed by atoms with Crippen molar-refractivity contribution in [2.24, 2.45) is 11.8 Å². The molecule has 2 saturated heterocycles. The van der Waals surface area contributed by atoms with Crippen LogP contribution in [0.3, 0.4) is 0 Å². The molecule has 0 spiro atoms. The third-order valence-corrected chi connectivity index (χ3v) is 7.81. The molecule has 0 saturated carbocycles. The maximum atomic E-state index is 12.8. The number of ether oxygens (including phenoxy) is 1. The van der Waals surface area contributed by atoms with E-state index in [-0.39, 0.29) is 22.8 Å². The van der Waals surface area contributed by atoms with Crippen LogP contribution in [0.4, 0.5) is 10.5 Å². The molecule has 0 atom stereocenters. The van der Waals surface area contributed by atoms with Gasteiger partial charge < -0.3 is 15.0 Å². The molecule has 9 heteroatoms. The van der Waals surface area contributed by atoms with Gasteiger partial charge in [-0.25, -0.2) is 13.2 Å². The van der Waals surface area contributed by atoms with Crippen LogP contribution in [0.25, 0.3) is 0 Å². The molecule has 0 aromatic heterocycles. The number of piperidine rings is 2. The fourth-order valence-electron chi connectivity index (χ4n) is 3.87. The second kappa shape index (κ2) is 9.78. The molecule has 1 aromatic carbocycles. The third kappa shape index (κ3) is 5.31. The molecule has 2 amide bonds. The second-order valence-electron chi connectivity index (χ2n) is 8.06. The lowest BCUT2D eigenvalue weighted by Gasteiger charge is -2.30. The summed E-state index contributed by atoms with van der Waals surface area (Å²) in [5.41, 5.74) is 0.569. The van der Waals surface area contributed by atoms with Crippen molar-refractivity contribution >= 4 is 27.7 Å². The molecular weight excluding hydrogens is 406 g/mol. The van der Waals surface area contributed by atoms with Gasteiger partial charge >= 0.3 is 6.09 Å². The Balaban J connectivity index is 1.54. The highest BCUT2D eigenvalue weighted by molar-refractivity contribution is 7.89. The molecule has 166 valence electrons. The Morgan fingerprint density at radius 1 is 1.03 bits per heavy atom. The Labute approximate surface area is 178 Å². The van der Waals surface area contributed by atoms with Gasteiger partial charge in [-0.3, -0.25) is 4.79 Å². The zero-order chi connectivity index (χ0) is 21.7. The Kier molecular flexibility index (Phi) is 7.36. The number of carbonyl (C=O) groups excluding carboxylic acids is 2. The normalized spacial score (nSPS) is 19.5. The van der Waals surface area contributed by atoms with E-state index in [4.69, 9.17) is 4.74 Å². The number of amides is 2. The number of likely N-dealkylation sites (tertiary alicyclic amines) is 1. The highest BCUT2D eigenvalue weighted by Gasteiger charge is 2.29. The number of nitrogens with one attached hydrogen (secondary N) is 1. The van der Waals surface area contributed by atoms with E-state index in [9.17, 15) is 18.0 Å². The fourth-order valence-corrected chi connectivity index (χ4v) is 5.34. The van der Waals surface area contributed by atoms with Crippen LogP contribution >= 0.6 is 0 Å². The van der Waals surface area contributed by atoms with E-state index in [0.717, 1.165) is 12.8 Å². The first kappa shape index (κ1) is 22.6. The number of rotatable bonds is 5. The summed E-state index contributed by atoms with van der Waals surface area (Å²) in [5, 5.41) is 2.86. The van der Waals surface area contributed by atoms with Crippen LogP contribution < -0.4 is 5.32 Å². The van der Waals surface area contributed by atoms with Crippen molar-refractivity contribution in [1.82, 2.24) is 9.21 Å². The number of sulfonamides is 1. The van der Waals surface area contributed by atoms with E-state index < -0.39 is 10.0 Å².